The van der Waals surface area contributed by atoms with Crippen LogP contribution in [0.15, 0.2) is 10.5 Å². The predicted molar refractivity (Wildman–Crippen MR) is 82.6 cm³/mol. The molecule has 1 amide bonds. The molecule has 1 fully saturated rings. The summed E-state index contributed by atoms with van der Waals surface area (Å²) in [6, 6.07) is 1.83. The number of hydrogen-bond acceptors (Lipinski definition) is 3. The number of amides is 1. The van der Waals surface area contributed by atoms with Crippen LogP contribution in [0.1, 0.15) is 48.6 Å². The molecule has 0 bridgehead atoms. The van der Waals surface area contributed by atoms with Gasteiger partial charge >= 0.3 is 0 Å². The first-order valence-corrected chi connectivity index (χ1v) is 7.12. The molecule has 1 saturated heterocycles. The summed E-state index contributed by atoms with van der Waals surface area (Å²) in [6.45, 7) is 9.03. The fourth-order valence-corrected chi connectivity index (χ4v) is 2.57. The number of piperidine rings is 1. The third kappa shape index (κ3) is 4.00. The van der Waals surface area contributed by atoms with Crippen LogP contribution in [0.5, 0.6) is 0 Å². The molecule has 20 heavy (non-hydrogen) atoms. The van der Waals surface area contributed by atoms with Gasteiger partial charge in [-0.15, -0.1) is 12.4 Å². The van der Waals surface area contributed by atoms with Gasteiger partial charge in [0.25, 0.3) is 5.91 Å². The molecule has 2 heterocycles. The van der Waals surface area contributed by atoms with Crippen molar-refractivity contribution in [2.45, 2.75) is 40.0 Å². The van der Waals surface area contributed by atoms with Gasteiger partial charge in [-0.05, 0) is 49.9 Å². The first-order valence-electron chi connectivity index (χ1n) is 7.12. The lowest BCUT2D eigenvalue weighted by Gasteiger charge is -2.33. The minimum atomic E-state index is -0.0949. The summed E-state index contributed by atoms with van der Waals surface area (Å²) in [5.41, 5.74) is 1.26. The van der Waals surface area contributed by atoms with E-state index in [-0.39, 0.29) is 23.7 Å². The Hall–Kier alpha value is -1.00. The molecule has 0 aromatic carbocycles. The normalized spacial score (nSPS) is 17.4. The summed E-state index contributed by atoms with van der Waals surface area (Å²) in [7, 11) is 0. The number of halogens is 1. The van der Waals surface area contributed by atoms with E-state index in [1.165, 1.54) is 0 Å². The molecule has 5 heteroatoms. The summed E-state index contributed by atoms with van der Waals surface area (Å²) in [5.74, 6) is 1.24. The summed E-state index contributed by atoms with van der Waals surface area (Å²) in [4.78, 5) is 12.1. The van der Waals surface area contributed by atoms with Gasteiger partial charge in [0.15, 0.2) is 5.76 Å². The van der Waals surface area contributed by atoms with Crippen molar-refractivity contribution in [1.29, 1.82) is 0 Å². The molecule has 1 aliphatic heterocycles. The predicted octanol–water partition coefficient (Wildman–Crippen LogP) is 2.69. The number of nitrogens with one attached hydrogen (secondary N) is 2. The van der Waals surface area contributed by atoms with Crippen LogP contribution >= 0.6 is 12.4 Å². The van der Waals surface area contributed by atoms with Gasteiger partial charge in [-0.25, -0.2) is 0 Å². The number of aryl methyl sites for hydroxylation is 2. The molecule has 4 nitrogen and oxygen atoms in total. The van der Waals surface area contributed by atoms with Crippen LogP contribution in [0.4, 0.5) is 0 Å². The van der Waals surface area contributed by atoms with Gasteiger partial charge in [-0.3, -0.25) is 4.79 Å². The molecule has 0 aliphatic carbocycles. The second-order valence-electron chi connectivity index (χ2n) is 5.81. The fourth-order valence-electron chi connectivity index (χ4n) is 2.57. The maximum Gasteiger partial charge on any atom is 0.287 e. The van der Waals surface area contributed by atoms with E-state index in [1.54, 1.807) is 0 Å². The smallest absolute Gasteiger partial charge is 0.287 e. The Kier molecular flexibility index (Phi) is 6.08. The monoisotopic (exact) mass is 300 g/mol. The maximum atomic E-state index is 12.1. The van der Waals surface area contributed by atoms with Crippen LogP contribution < -0.4 is 10.6 Å². The summed E-state index contributed by atoms with van der Waals surface area (Å²) < 4.78 is 5.57. The van der Waals surface area contributed by atoms with E-state index in [1.807, 2.05) is 19.9 Å². The van der Waals surface area contributed by atoms with E-state index >= 15 is 0 Å². The largest absolute Gasteiger partial charge is 0.456 e. The van der Waals surface area contributed by atoms with Crippen molar-refractivity contribution < 1.29 is 9.21 Å². The molecule has 2 rings (SSSR count). The van der Waals surface area contributed by atoms with Crippen molar-refractivity contribution in [3.05, 3.63) is 23.2 Å². The standard InChI is InChI=1S/C15H24N2O2.ClH/c1-4-12-11(2)9-13(19-12)14(18)17-10-15(3)5-7-16-8-6-15;/h9,16H,4-8,10H2,1-3H3,(H,17,18);1H. The first-order chi connectivity index (χ1) is 9.04. The second kappa shape index (κ2) is 7.14. The fraction of sp³-hybridized carbons (Fsp3) is 0.667. The Balaban J connectivity index is 0.00000200. The van der Waals surface area contributed by atoms with Crippen LogP contribution in [0.25, 0.3) is 0 Å². The number of carbonyl (C=O) groups excluding carboxylic acids is 1. The lowest BCUT2D eigenvalue weighted by Crippen LogP contribution is -2.42. The van der Waals surface area contributed by atoms with Crippen molar-refractivity contribution in [3.63, 3.8) is 0 Å². The molecule has 114 valence electrons. The molecule has 1 aromatic heterocycles. The molecular weight excluding hydrogens is 276 g/mol. The highest BCUT2D eigenvalue weighted by Crippen LogP contribution is 2.26. The highest BCUT2D eigenvalue weighted by molar-refractivity contribution is 5.91. The second-order valence-corrected chi connectivity index (χ2v) is 5.81. The van der Waals surface area contributed by atoms with Crippen molar-refractivity contribution in [2.75, 3.05) is 19.6 Å². The van der Waals surface area contributed by atoms with E-state index < -0.39 is 0 Å². The van der Waals surface area contributed by atoms with Gasteiger partial charge < -0.3 is 15.1 Å². The Morgan fingerprint density at radius 2 is 2.10 bits per heavy atom. The molecule has 1 aliphatic rings. The Labute approximate surface area is 127 Å². The minimum absolute atomic E-state index is 0. The Morgan fingerprint density at radius 3 is 2.65 bits per heavy atom. The van der Waals surface area contributed by atoms with Crippen molar-refractivity contribution in [1.82, 2.24) is 10.6 Å². The highest BCUT2D eigenvalue weighted by Gasteiger charge is 2.27. The third-order valence-corrected chi connectivity index (χ3v) is 4.05. The topological polar surface area (TPSA) is 54.3 Å². The lowest BCUT2D eigenvalue weighted by atomic mass is 9.81. The first kappa shape index (κ1) is 17.1. The molecule has 1 aromatic rings. The number of rotatable bonds is 4. The molecule has 0 spiro atoms. The van der Waals surface area contributed by atoms with E-state index in [9.17, 15) is 4.79 Å². The third-order valence-electron chi connectivity index (χ3n) is 4.05. The molecule has 0 radical (unpaired) electrons. The number of furan rings is 1. The zero-order chi connectivity index (χ0) is 13.9. The SMILES string of the molecule is CCc1oc(C(=O)NCC2(C)CCNCC2)cc1C.Cl. The van der Waals surface area contributed by atoms with Crippen molar-refractivity contribution >= 4 is 18.3 Å². The van der Waals surface area contributed by atoms with Gasteiger partial charge in [0.1, 0.15) is 5.76 Å². The van der Waals surface area contributed by atoms with Crippen LogP contribution in [0.3, 0.4) is 0 Å². The van der Waals surface area contributed by atoms with Crippen LogP contribution in [0.2, 0.25) is 0 Å². The van der Waals surface area contributed by atoms with E-state index in [0.717, 1.165) is 43.7 Å². The molecule has 0 unspecified atom stereocenters. The van der Waals surface area contributed by atoms with E-state index in [2.05, 4.69) is 17.6 Å². The van der Waals surface area contributed by atoms with Crippen LogP contribution in [-0.2, 0) is 6.42 Å². The average molecular weight is 301 g/mol. The van der Waals surface area contributed by atoms with Crippen molar-refractivity contribution in [2.24, 2.45) is 5.41 Å². The van der Waals surface area contributed by atoms with Crippen LogP contribution in [-0.4, -0.2) is 25.5 Å². The Morgan fingerprint density at radius 1 is 1.45 bits per heavy atom. The maximum absolute atomic E-state index is 12.1. The lowest BCUT2D eigenvalue weighted by molar-refractivity contribution is 0.0893. The van der Waals surface area contributed by atoms with E-state index in [4.69, 9.17) is 4.42 Å². The van der Waals surface area contributed by atoms with Gasteiger partial charge in [0.2, 0.25) is 0 Å². The molecule has 2 N–H and O–H groups in total. The molecule has 0 saturated carbocycles. The number of hydrogen-bond donors (Lipinski definition) is 2. The molecular formula is C15H25ClN2O2. The minimum Gasteiger partial charge on any atom is -0.456 e. The Bertz CT molecular complexity index is 451. The highest BCUT2D eigenvalue weighted by atomic mass is 35.5. The zero-order valence-electron chi connectivity index (χ0n) is 12.5. The van der Waals surface area contributed by atoms with Gasteiger partial charge in [0, 0.05) is 13.0 Å². The van der Waals surface area contributed by atoms with Gasteiger partial charge in [0.05, 0.1) is 0 Å². The summed E-state index contributed by atoms with van der Waals surface area (Å²) in [5, 5.41) is 6.36. The average Bonchev–Trinajstić information content (AvgIpc) is 2.78. The van der Waals surface area contributed by atoms with E-state index in [0.29, 0.717) is 12.3 Å². The zero-order valence-corrected chi connectivity index (χ0v) is 13.4. The summed E-state index contributed by atoms with van der Waals surface area (Å²) in [6.07, 6.45) is 3.03. The van der Waals surface area contributed by atoms with Gasteiger partial charge in [-0.2, -0.15) is 0 Å². The quantitative estimate of drug-likeness (QED) is 0.899. The summed E-state index contributed by atoms with van der Waals surface area (Å²) >= 11 is 0. The van der Waals surface area contributed by atoms with Crippen LogP contribution in [0, 0.1) is 12.3 Å². The van der Waals surface area contributed by atoms with Gasteiger partial charge in [-0.1, -0.05) is 13.8 Å². The molecule has 0 atom stereocenters. The van der Waals surface area contributed by atoms with Crippen molar-refractivity contribution in [3.8, 4) is 0 Å². The number of carbonyl (C=O) groups is 1.